The van der Waals surface area contributed by atoms with Crippen molar-refractivity contribution in [1.82, 2.24) is 15.5 Å². The van der Waals surface area contributed by atoms with Gasteiger partial charge in [0.2, 0.25) is 0 Å². The van der Waals surface area contributed by atoms with E-state index in [0.29, 0.717) is 17.9 Å². The van der Waals surface area contributed by atoms with E-state index in [-0.39, 0.29) is 5.91 Å². The fourth-order valence-corrected chi connectivity index (χ4v) is 2.17. The van der Waals surface area contributed by atoms with Crippen LogP contribution in [-0.4, -0.2) is 16.1 Å². The van der Waals surface area contributed by atoms with E-state index >= 15 is 0 Å². The van der Waals surface area contributed by atoms with Crippen LogP contribution in [0.2, 0.25) is 0 Å². The second kappa shape index (κ2) is 4.36. The highest BCUT2D eigenvalue weighted by Gasteiger charge is 2.11. The molecule has 0 radical (unpaired) electrons. The molecule has 0 fully saturated rings. The Balaban J connectivity index is 1.99. The quantitative estimate of drug-likeness (QED) is 0.750. The SMILES string of the molecule is Cc1cscc1CNC(=O)c1cn[nH]c1N. The van der Waals surface area contributed by atoms with E-state index in [1.54, 1.807) is 11.3 Å². The molecule has 0 spiro atoms. The summed E-state index contributed by atoms with van der Waals surface area (Å²) in [4.78, 5) is 11.7. The number of rotatable bonds is 3. The van der Waals surface area contributed by atoms with Crippen molar-refractivity contribution >= 4 is 23.1 Å². The highest BCUT2D eigenvalue weighted by atomic mass is 32.1. The van der Waals surface area contributed by atoms with Crippen LogP contribution in [0, 0.1) is 6.92 Å². The second-order valence-corrected chi connectivity index (χ2v) is 4.20. The third-order valence-electron chi connectivity index (χ3n) is 2.31. The first kappa shape index (κ1) is 10.7. The molecule has 2 aromatic heterocycles. The van der Waals surface area contributed by atoms with Gasteiger partial charge in [-0.1, -0.05) is 0 Å². The highest BCUT2D eigenvalue weighted by Crippen LogP contribution is 2.13. The van der Waals surface area contributed by atoms with Gasteiger partial charge in [0.25, 0.3) is 5.91 Å². The number of nitrogens with two attached hydrogens (primary N) is 1. The standard InChI is InChI=1S/C10H12N4OS/c1-6-4-16-5-7(6)2-12-10(15)8-3-13-14-9(8)11/h3-5H,2H2,1H3,(H,12,15)(H3,11,13,14). The fourth-order valence-electron chi connectivity index (χ4n) is 1.32. The average Bonchev–Trinajstić information content (AvgIpc) is 2.84. The van der Waals surface area contributed by atoms with Gasteiger partial charge in [-0.15, -0.1) is 0 Å². The Morgan fingerprint density at radius 3 is 3.00 bits per heavy atom. The Morgan fingerprint density at radius 2 is 2.44 bits per heavy atom. The molecule has 0 unspecified atom stereocenters. The fraction of sp³-hybridized carbons (Fsp3) is 0.200. The molecule has 6 heteroatoms. The Hall–Kier alpha value is -1.82. The number of carbonyl (C=O) groups excluding carboxylic acids is 1. The van der Waals surface area contributed by atoms with Crippen LogP contribution in [-0.2, 0) is 6.54 Å². The van der Waals surface area contributed by atoms with Crippen LogP contribution in [0.3, 0.4) is 0 Å². The molecule has 1 amide bonds. The van der Waals surface area contributed by atoms with Crippen molar-refractivity contribution in [1.29, 1.82) is 0 Å². The predicted molar refractivity (Wildman–Crippen MR) is 63.2 cm³/mol. The summed E-state index contributed by atoms with van der Waals surface area (Å²) in [7, 11) is 0. The van der Waals surface area contributed by atoms with Crippen molar-refractivity contribution in [3.8, 4) is 0 Å². The minimum Gasteiger partial charge on any atom is -0.383 e. The van der Waals surface area contributed by atoms with Crippen molar-refractivity contribution in [2.75, 3.05) is 5.73 Å². The number of aromatic amines is 1. The molecule has 2 heterocycles. The molecule has 0 aliphatic carbocycles. The summed E-state index contributed by atoms with van der Waals surface area (Å²) in [5.74, 6) is 0.0800. The van der Waals surface area contributed by atoms with E-state index in [4.69, 9.17) is 5.73 Å². The molecule has 2 aromatic rings. The Labute approximate surface area is 96.7 Å². The molecular formula is C10H12N4OS. The van der Waals surface area contributed by atoms with E-state index in [9.17, 15) is 4.79 Å². The first-order chi connectivity index (χ1) is 7.68. The van der Waals surface area contributed by atoms with Gasteiger partial charge in [0.05, 0.1) is 6.20 Å². The summed E-state index contributed by atoms with van der Waals surface area (Å²) in [6.07, 6.45) is 1.42. The van der Waals surface area contributed by atoms with Gasteiger partial charge in [0.15, 0.2) is 0 Å². The molecule has 0 saturated carbocycles. The van der Waals surface area contributed by atoms with Crippen molar-refractivity contribution in [3.63, 3.8) is 0 Å². The topological polar surface area (TPSA) is 83.8 Å². The first-order valence-electron chi connectivity index (χ1n) is 4.77. The molecular weight excluding hydrogens is 224 g/mol. The molecule has 0 aliphatic heterocycles. The molecule has 0 aliphatic rings. The number of amides is 1. The van der Waals surface area contributed by atoms with Gasteiger partial charge >= 0.3 is 0 Å². The molecule has 0 aromatic carbocycles. The Morgan fingerprint density at radius 1 is 1.62 bits per heavy atom. The Kier molecular flexibility index (Phi) is 2.91. The zero-order valence-electron chi connectivity index (χ0n) is 8.78. The van der Waals surface area contributed by atoms with E-state index in [1.807, 2.05) is 17.7 Å². The minimum atomic E-state index is -0.211. The number of anilines is 1. The van der Waals surface area contributed by atoms with Crippen LogP contribution in [0.15, 0.2) is 17.0 Å². The molecule has 0 bridgehead atoms. The molecule has 0 saturated heterocycles. The summed E-state index contributed by atoms with van der Waals surface area (Å²) in [6, 6.07) is 0. The number of aryl methyl sites for hydroxylation is 1. The molecule has 5 nitrogen and oxygen atoms in total. The van der Waals surface area contributed by atoms with E-state index in [2.05, 4.69) is 15.5 Å². The number of nitrogens with one attached hydrogen (secondary N) is 2. The molecule has 16 heavy (non-hydrogen) atoms. The number of aromatic nitrogens is 2. The smallest absolute Gasteiger partial charge is 0.256 e. The summed E-state index contributed by atoms with van der Waals surface area (Å²) in [5, 5.41) is 13.1. The average molecular weight is 236 g/mol. The van der Waals surface area contributed by atoms with Gasteiger partial charge in [-0.2, -0.15) is 16.4 Å². The third kappa shape index (κ3) is 2.06. The number of thiophene rings is 1. The van der Waals surface area contributed by atoms with Crippen LogP contribution in [0.25, 0.3) is 0 Å². The monoisotopic (exact) mass is 236 g/mol. The van der Waals surface area contributed by atoms with Crippen molar-refractivity contribution < 1.29 is 4.79 Å². The zero-order chi connectivity index (χ0) is 11.5. The number of hydrogen-bond donors (Lipinski definition) is 3. The molecule has 4 N–H and O–H groups in total. The lowest BCUT2D eigenvalue weighted by Gasteiger charge is -2.03. The predicted octanol–water partition coefficient (Wildman–Crippen LogP) is 1.29. The van der Waals surface area contributed by atoms with Crippen LogP contribution in [0.4, 0.5) is 5.82 Å². The van der Waals surface area contributed by atoms with Crippen LogP contribution >= 0.6 is 11.3 Å². The maximum absolute atomic E-state index is 11.7. The number of hydrogen-bond acceptors (Lipinski definition) is 4. The Bertz CT molecular complexity index is 502. The summed E-state index contributed by atoms with van der Waals surface area (Å²) in [5.41, 5.74) is 8.24. The summed E-state index contributed by atoms with van der Waals surface area (Å²) in [6.45, 7) is 2.53. The molecule has 2 rings (SSSR count). The van der Waals surface area contributed by atoms with Gasteiger partial charge in [0.1, 0.15) is 11.4 Å². The van der Waals surface area contributed by atoms with E-state index in [0.717, 1.165) is 5.56 Å². The minimum absolute atomic E-state index is 0.211. The number of nitrogens with zero attached hydrogens (tertiary/aromatic N) is 1. The van der Waals surface area contributed by atoms with Gasteiger partial charge < -0.3 is 11.1 Å². The summed E-state index contributed by atoms with van der Waals surface area (Å²) < 4.78 is 0. The third-order valence-corrected chi connectivity index (χ3v) is 3.22. The van der Waals surface area contributed by atoms with E-state index in [1.165, 1.54) is 11.8 Å². The van der Waals surface area contributed by atoms with Crippen molar-refractivity contribution in [3.05, 3.63) is 33.6 Å². The van der Waals surface area contributed by atoms with Crippen LogP contribution in [0.1, 0.15) is 21.5 Å². The van der Waals surface area contributed by atoms with Gasteiger partial charge in [0, 0.05) is 6.54 Å². The molecule has 84 valence electrons. The van der Waals surface area contributed by atoms with Crippen LogP contribution in [0.5, 0.6) is 0 Å². The van der Waals surface area contributed by atoms with Crippen LogP contribution < -0.4 is 11.1 Å². The summed E-state index contributed by atoms with van der Waals surface area (Å²) >= 11 is 1.62. The van der Waals surface area contributed by atoms with Crippen molar-refractivity contribution in [2.45, 2.75) is 13.5 Å². The maximum Gasteiger partial charge on any atom is 0.256 e. The lowest BCUT2D eigenvalue weighted by Crippen LogP contribution is -2.23. The number of H-pyrrole nitrogens is 1. The lowest BCUT2D eigenvalue weighted by atomic mass is 10.2. The van der Waals surface area contributed by atoms with E-state index < -0.39 is 0 Å². The van der Waals surface area contributed by atoms with Gasteiger partial charge in [-0.05, 0) is 28.8 Å². The first-order valence-corrected chi connectivity index (χ1v) is 5.71. The van der Waals surface area contributed by atoms with Crippen molar-refractivity contribution in [2.24, 2.45) is 0 Å². The normalized spacial score (nSPS) is 10.3. The number of carbonyl (C=O) groups is 1. The zero-order valence-corrected chi connectivity index (χ0v) is 9.60. The lowest BCUT2D eigenvalue weighted by molar-refractivity contribution is 0.0952. The second-order valence-electron chi connectivity index (χ2n) is 3.46. The number of nitrogen functional groups attached to an aromatic ring is 1. The maximum atomic E-state index is 11.7. The highest BCUT2D eigenvalue weighted by molar-refractivity contribution is 7.08. The molecule has 0 atom stereocenters. The van der Waals surface area contributed by atoms with Gasteiger partial charge in [-0.3, -0.25) is 9.89 Å². The van der Waals surface area contributed by atoms with Gasteiger partial charge in [-0.25, -0.2) is 0 Å². The largest absolute Gasteiger partial charge is 0.383 e.